The minimum absolute atomic E-state index is 0.172. The molecule has 0 saturated heterocycles. The van der Waals surface area contributed by atoms with E-state index in [1.165, 1.54) is 6.20 Å². The number of hydrogen-bond donors (Lipinski definition) is 2. The molecule has 7 heteroatoms. The van der Waals surface area contributed by atoms with Crippen molar-refractivity contribution in [2.24, 2.45) is 0 Å². The normalized spacial score (nSPS) is 11.1. The lowest BCUT2D eigenvalue weighted by Gasteiger charge is -2.12. The number of para-hydroxylation sites is 1. The molecule has 0 aliphatic carbocycles. The van der Waals surface area contributed by atoms with Gasteiger partial charge in [0.15, 0.2) is 0 Å². The second kappa shape index (κ2) is 9.02. The van der Waals surface area contributed by atoms with Crippen molar-refractivity contribution in [3.05, 3.63) is 95.2 Å². The summed E-state index contributed by atoms with van der Waals surface area (Å²) < 4.78 is 25.3. The highest BCUT2D eigenvalue weighted by molar-refractivity contribution is 7.92. The van der Waals surface area contributed by atoms with Gasteiger partial charge in [-0.1, -0.05) is 49.0 Å². The number of carbonyl (C=O) groups excluding carboxylic acids is 1. The first-order valence-electron chi connectivity index (χ1n) is 9.33. The molecular weight excluding hydrogens is 398 g/mol. The van der Waals surface area contributed by atoms with Gasteiger partial charge in [-0.05, 0) is 42.2 Å². The fourth-order valence-electron chi connectivity index (χ4n) is 2.98. The van der Waals surface area contributed by atoms with Crippen molar-refractivity contribution in [3.8, 4) is 11.1 Å². The number of carbonyl (C=O) groups is 1. The van der Waals surface area contributed by atoms with Crippen LogP contribution in [0.5, 0.6) is 0 Å². The Labute approximate surface area is 176 Å². The van der Waals surface area contributed by atoms with E-state index in [2.05, 4.69) is 21.6 Å². The van der Waals surface area contributed by atoms with Gasteiger partial charge in [0.1, 0.15) is 0 Å². The maximum Gasteiger partial charge on any atom is 0.257 e. The molecule has 0 spiro atoms. The van der Waals surface area contributed by atoms with Crippen LogP contribution in [-0.4, -0.2) is 19.3 Å². The van der Waals surface area contributed by atoms with E-state index in [9.17, 15) is 13.2 Å². The Hall–Kier alpha value is -3.29. The largest absolute Gasteiger partial charge is 0.321 e. The lowest BCUT2D eigenvalue weighted by Crippen LogP contribution is -2.20. The zero-order valence-electron chi connectivity index (χ0n) is 16.8. The van der Waals surface area contributed by atoms with Crippen molar-refractivity contribution in [1.29, 1.82) is 0 Å². The molecule has 3 aromatic rings. The van der Waals surface area contributed by atoms with Crippen LogP contribution in [0.15, 0.2) is 72.9 Å². The minimum atomic E-state index is -3.47. The van der Waals surface area contributed by atoms with E-state index in [0.29, 0.717) is 5.56 Å². The number of aryl methyl sites for hydroxylation is 2. The monoisotopic (exact) mass is 421 g/mol. The van der Waals surface area contributed by atoms with Crippen LogP contribution < -0.4 is 10.0 Å². The molecule has 0 atom stereocenters. The highest BCUT2D eigenvalue weighted by Crippen LogP contribution is 2.23. The molecule has 2 aromatic carbocycles. The van der Waals surface area contributed by atoms with Crippen LogP contribution >= 0.6 is 0 Å². The van der Waals surface area contributed by atoms with Gasteiger partial charge in [-0.15, -0.1) is 0 Å². The Morgan fingerprint density at radius 3 is 2.33 bits per heavy atom. The SMILES string of the molecule is C=CS(=O)(=O)NCc1ccc(-c2cncc(C(=O)Nc3c(C)cccc3C)c2)cc1. The Kier molecular flexibility index (Phi) is 6.44. The van der Waals surface area contributed by atoms with E-state index < -0.39 is 10.0 Å². The molecule has 0 unspecified atom stereocenters. The number of rotatable bonds is 7. The third kappa shape index (κ3) is 5.20. The van der Waals surface area contributed by atoms with Crippen LogP contribution in [0.2, 0.25) is 0 Å². The summed E-state index contributed by atoms with van der Waals surface area (Å²) in [6.45, 7) is 7.34. The first-order valence-corrected chi connectivity index (χ1v) is 10.9. The fourth-order valence-corrected chi connectivity index (χ4v) is 3.46. The number of pyridine rings is 1. The van der Waals surface area contributed by atoms with Gasteiger partial charge < -0.3 is 5.32 Å². The number of aromatic nitrogens is 1. The van der Waals surface area contributed by atoms with Crippen molar-refractivity contribution in [1.82, 2.24) is 9.71 Å². The first-order chi connectivity index (χ1) is 14.3. The molecule has 154 valence electrons. The van der Waals surface area contributed by atoms with Crippen molar-refractivity contribution < 1.29 is 13.2 Å². The second-order valence-electron chi connectivity index (χ2n) is 6.91. The summed E-state index contributed by atoms with van der Waals surface area (Å²) in [5.74, 6) is -0.225. The smallest absolute Gasteiger partial charge is 0.257 e. The molecule has 1 heterocycles. The summed E-state index contributed by atoms with van der Waals surface area (Å²) in [7, 11) is -3.47. The molecule has 0 saturated carbocycles. The zero-order valence-corrected chi connectivity index (χ0v) is 17.7. The van der Waals surface area contributed by atoms with E-state index in [1.54, 1.807) is 12.3 Å². The van der Waals surface area contributed by atoms with E-state index in [-0.39, 0.29) is 12.5 Å². The molecule has 1 aromatic heterocycles. The fraction of sp³-hybridized carbons (Fsp3) is 0.130. The number of nitrogens with zero attached hydrogens (tertiary/aromatic N) is 1. The maximum atomic E-state index is 12.7. The first kappa shape index (κ1) is 21.4. The molecule has 0 fully saturated rings. The number of anilines is 1. The van der Waals surface area contributed by atoms with E-state index in [4.69, 9.17) is 0 Å². The average molecular weight is 422 g/mol. The van der Waals surface area contributed by atoms with Gasteiger partial charge in [0.2, 0.25) is 10.0 Å². The Morgan fingerprint density at radius 2 is 1.70 bits per heavy atom. The Bertz CT molecular complexity index is 1170. The molecule has 0 bridgehead atoms. The van der Waals surface area contributed by atoms with Gasteiger partial charge in [-0.2, -0.15) is 0 Å². The highest BCUT2D eigenvalue weighted by atomic mass is 32.2. The molecule has 0 radical (unpaired) electrons. The van der Waals surface area contributed by atoms with Gasteiger partial charge in [0.05, 0.1) is 5.56 Å². The predicted molar refractivity (Wildman–Crippen MR) is 119 cm³/mol. The third-order valence-corrected chi connectivity index (χ3v) is 5.69. The lowest BCUT2D eigenvalue weighted by atomic mass is 10.0. The summed E-state index contributed by atoms with van der Waals surface area (Å²) in [5, 5.41) is 3.84. The van der Waals surface area contributed by atoms with Gasteiger partial charge in [0, 0.05) is 35.6 Å². The predicted octanol–water partition coefficient (Wildman–Crippen LogP) is 4.18. The Morgan fingerprint density at radius 1 is 1.03 bits per heavy atom. The number of benzene rings is 2. The van der Waals surface area contributed by atoms with Crippen LogP contribution in [0.3, 0.4) is 0 Å². The van der Waals surface area contributed by atoms with Gasteiger partial charge in [-0.25, -0.2) is 13.1 Å². The van der Waals surface area contributed by atoms with Gasteiger partial charge in [-0.3, -0.25) is 9.78 Å². The molecule has 3 rings (SSSR count). The minimum Gasteiger partial charge on any atom is -0.321 e. The van der Waals surface area contributed by atoms with Crippen molar-refractivity contribution >= 4 is 21.6 Å². The van der Waals surface area contributed by atoms with Crippen LogP contribution in [0.1, 0.15) is 27.0 Å². The number of hydrogen-bond acceptors (Lipinski definition) is 4. The molecular formula is C23H23N3O3S. The summed E-state index contributed by atoms with van der Waals surface area (Å²) in [6.07, 6.45) is 3.22. The highest BCUT2D eigenvalue weighted by Gasteiger charge is 2.11. The van der Waals surface area contributed by atoms with Crippen molar-refractivity contribution in [2.75, 3.05) is 5.32 Å². The molecule has 0 aliphatic heterocycles. The number of sulfonamides is 1. The Balaban J connectivity index is 1.76. The van der Waals surface area contributed by atoms with Crippen LogP contribution in [0, 0.1) is 13.8 Å². The maximum absolute atomic E-state index is 12.7. The van der Waals surface area contributed by atoms with Crippen LogP contribution in [0.25, 0.3) is 11.1 Å². The van der Waals surface area contributed by atoms with Crippen molar-refractivity contribution in [3.63, 3.8) is 0 Å². The molecule has 6 nitrogen and oxygen atoms in total. The van der Waals surface area contributed by atoms with Crippen LogP contribution in [-0.2, 0) is 16.6 Å². The second-order valence-corrected chi connectivity index (χ2v) is 8.62. The lowest BCUT2D eigenvalue weighted by molar-refractivity contribution is 0.102. The van der Waals surface area contributed by atoms with Gasteiger partial charge in [0.25, 0.3) is 5.91 Å². The number of nitrogens with one attached hydrogen (secondary N) is 2. The summed E-state index contributed by atoms with van der Waals surface area (Å²) in [4.78, 5) is 16.9. The third-order valence-electron chi connectivity index (χ3n) is 4.70. The summed E-state index contributed by atoms with van der Waals surface area (Å²) in [6, 6.07) is 15.0. The summed E-state index contributed by atoms with van der Waals surface area (Å²) >= 11 is 0. The quantitative estimate of drug-likeness (QED) is 0.599. The summed E-state index contributed by atoms with van der Waals surface area (Å²) in [5.41, 5.74) is 5.73. The zero-order chi connectivity index (χ0) is 21.7. The van der Waals surface area contributed by atoms with Crippen molar-refractivity contribution in [2.45, 2.75) is 20.4 Å². The topological polar surface area (TPSA) is 88.2 Å². The van der Waals surface area contributed by atoms with E-state index in [1.807, 2.05) is 56.3 Å². The molecule has 1 amide bonds. The molecule has 30 heavy (non-hydrogen) atoms. The molecule has 0 aliphatic rings. The standard InChI is InChI=1S/C23H23N3O3S/c1-4-30(28,29)25-13-18-8-10-19(11-9-18)20-12-21(15-24-14-20)23(27)26-22-16(2)6-5-7-17(22)3/h4-12,14-15,25H,1,13H2,2-3H3,(H,26,27). The number of amides is 1. The van der Waals surface area contributed by atoms with Gasteiger partial charge >= 0.3 is 0 Å². The average Bonchev–Trinajstić information content (AvgIpc) is 2.75. The van der Waals surface area contributed by atoms with Crippen LogP contribution in [0.4, 0.5) is 5.69 Å². The molecule has 2 N–H and O–H groups in total. The van der Waals surface area contributed by atoms with E-state index in [0.717, 1.165) is 38.9 Å². The van der Waals surface area contributed by atoms with E-state index >= 15 is 0 Å².